The second-order valence-corrected chi connectivity index (χ2v) is 10.3. The fourth-order valence-electron chi connectivity index (χ4n) is 5.88. The van der Waals surface area contributed by atoms with Crippen molar-refractivity contribution in [2.75, 3.05) is 5.75 Å². The second-order valence-electron chi connectivity index (χ2n) is 8.96. The van der Waals surface area contributed by atoms with Gasteiger partial charge in [0, 0.05) is 16.1 Å². The lowest BCUT2D eigenvalue weighted by atomic mass is 9.53. The van der Waals surface area contributed by atoms with E-state index in [0.29, 0.717) is 16.0 Å². The first-order valence-corrected chi connectivity index (χ1v) is 11.8. The number of aromatic amines is 1. The lowest BCUT2D eigenvalue weighted by molar-refractivity contribution is -0.117. The van der Waals surface area contributed by atoms with Gasteiger partial charge < -0.3 is 5.32 Å². The van der Waals surface area contributed by atoms with Gasteiger partial charge in [0.15, 0.2) is 5.82 Å². The van der Waals surface area contributed by atoms with Gasteiger partial charge in [-0.1, -0.05) is 23.4 Å². The van der Waals surface area contributed by atoms with E-state index in [0.717, 1.165) is 42.6 Å². The summed E-state index contributed by atoms with van der Waals surface area (Å²) in [5, 5.41) is 13.7. The molecule has 7 nitrogen and oxygen atoms in total. The van der Waals surface area contributed by atoms with Crippen LogP contribution >= 0.6 is 23.4 Å². The van der Waals surface area contributed by atoms with E-state index in [1.807, 2.05) is 12.1 Å². The number of amides is 3. The molecule has 0 radical (unpaired) electrons. The number of nitrogens with one attached hydrogen (secondary N) is 3. The Bertz CT molecular complexity index is 925. The van der Waals surface area contributed by atoms with Crippen LogP contribution < -0.4 is 10.6 Å². The minimum absolute atomic E-state index is 0.0756. The molecule has 30 heavy (non-hydrogen) atoms. The van der Waals surface area contributed by atoms with E-state index in [2.05, 4.69) is 25.8 Å². The minimum atomic E-state index is -0.376. The summed E-state index contributed by atoms with van der Waals surface area (Å²) >= 11 is 7.09. The molecule has 9 heteroatoms. The Morgan fingerprint density at radius 2 is 1.73 bits per heavy atom. The molecule has 4 fully saturated rings. The van der Waals surface area contributed by atoms with Gasteiger partial charge in [0.25, 0.3) is 0 Å². The molecule has 0 spiro atoms. The number of thioether (sulfide) groups is 1. The highest BCUT2D eigenvalue weighted by atomic mass is 35.5. The molecular weight excluding hydrogens is 422 g/mol. The molecule has 1 aromatic carbocycles. The van der Waals surface area contributed by atoms with Crippen molar-refractivity contribution in [2.45, 2.75) is 49.2 Å². The number of hydrogen-bond donors (Lipinski definition) is 3. The van der Waals surface area contributed by atoms with Crippen LogP contribution in [0.5, 0.6) is 0 Å². The molecule has 0 unspecified atom stereocenters. The summed E-state index contributed by atoms with van der Waals surface area (Å²) in [6, 6.07) is 6.88. The molecule has 3 N–H and O–H groups in total. The van der Waals surface area contributed by atoms with Crippen LogP contribution in [0.3, 0.4) is 0 Å². The number of benzene rings is 1. The standard InChI is InChI=1S/C21H24ClN5O2S/c22-16-3-1-15(2-4-16)18-24-20(27-26-18)30-11-17(28)23-19(29)25-21-8-12-5-13(9-21)7-14(6-12)10-21/h1-4,12-14H,5-11H2,(H,24,26,27)(H2,23,25,28,29). The highest BCUT2D eigenvalue weighted by molar-refractivity contribution is 7.99. The fraction of sp³-hybridized carbons (Fsp3) is 0.524. The molecule has 0 aliphatic heterocycles. The van der Waals surface area contributed by atoms with Crippen molar-refractivity contribution < 1.29 is 9.59 Å². The molecule has 4 aliphatic carbocycles. The van der Waals surface area contributed by atoms with Gasteiger partial charge in [-0.2, -0.15) is 0 Å². The monoisotopic (exact) mass is 445 g/mol. The number of imide groups is 1. The quantitative estimate of drug-likeness (QED) is 0.604. The van der Waals surface area contributed by atoms with Crippen LogP contribution in [0.1, 0.15) is 38.5 Å². The van der Waals surface area contributed by atoms with Crippen LogP contribution in [0.25, 0.3) is 11.4 Å². The first-order chi connectivity index (χ1) is 14.5. The average Bonchev–Trinajstić information content (AvgIpc) is 3.14. The first kappa shape index (κ1) is 19.9. The van der Waals surface area contributed by atoms with Crippen LogP contribution in [0.4, 0.5) is 4.79 Å². The predicted molar refractivity (Wildman–Crippen MR) is 115 cm³/mol. The normalized spacial score (nSPS) is 29.0. The van der Waals surface area contributed by atoms with Crippen LogP contribution in [0, 0.1) is 17.8 Å². The number of aromatic nitrogens is 3. The van der Waals surface area contributed by atoms with Crippen LogP contribution in [-0.2, 0) is 4.79 Å². The summed E-state index contributed by atoms with van der Waals surface area (Å²) in [5.41, 5.74) is 0.752. The molecule has 1 aromatic heterocycles. The number of hydrogen-bond acceptors (Lipinski definition) is 5. The van der Waals surface area contributed by atoms with E-state index < -0.39 is 0 Å². The van der Waals surface area contributed by atoms with Gasteiger partial charge in [-0.05, 0) is 80.5 Å². The van der Waals surface area contributed by atoms with Crippen molar-refractivity contribution in [3.63, 3.8) is 0 Å². The van der Waals surface area contributed by atoms with Gasteiger partial charge in [-0.25, -0.2) is 9.78 Å². The summed E-state index contributed by atoms with van der Waals surface area (Å²) in [6.45, 7) is 0. The lowest BCUT2D eigenvalue weighted by Crippen LogP contribution is -2.61. The van der Waals surface area contributed by atoms with Crippen LogP contribution in [0.15, 0.2) is 29.4 Å². The maximum Gasteiger partial charge on any atom is 0.321 e. The molecular formula is C21H24ClN5O2S. The third kappa shape index (κ3) is 4.21. The third-order valence-electron chi connectivity index (χ3n) is 6.58. The van der Waals surface area contributed by atoms with Crippen molar-refractivity contribution in [1.29, 1.82) is 0 Å². The van der Waals surface area contributed by atoms with Gasteiger partial charge in [0.05, 0.1) is 5.75 Å². The van der Waals surface area contributed by atoms with E-state index in [9.17, 15) is 9.59 Å². The lowest BCUT2D eigenvalue weighted by Gasteiger charge is -2.56. The topological polar surface area (TPSA) is 99.8 Å². The summed E-state index contributed by atoms with van der Waals surface area (Å²) < 4.78 is 0. The van der Waals surface area contributed by atoms with Crippen molar-refractivity contribution in [1.82, 2.24) is 25.8 Å². The molecule has 4 saturated carbocycles. The van der Waals surface area contributed by atoms with Gasteiger partial charge >= 0.3 is 6.03 Å². The molecule has 4 aliphatic rings. The Kier molecular flexibility index (Phi) is 5.23. The number of carbonyl (C=O) groups excluding carboxylic acids is 2. The van der Waals surface area contributed by atoms with Crippen molar-refractivity contribution in [3.8, 4) is 11.4 Å². The number of rotatable bonds is 5. The zero-order chi connectivity index (χ0) is 20.7. The van der Waals surface area contributed by atoms with Crippen molar-refractivity contribution >= 4 is 35.3 Å². The molecule has 6 rings (SSSR count). The highest BCUT2D eigenvalue weighted by Gasteiger charge is 2.51. The summed E-state index contributed by atoms with van der Waals surface area (Å²) in [4.78, 5) is 29.1. The second kappa shape index (κ2) is 7.89. The van der Waals surface area contributed by atoms with Crippen molar-refractivity contribution in [3.05, 3.63) is 29.3 Å². The Morgan fingerprint density at radius 3 is 2.37 bits per heavy atom. The minimum Gasteiger partial charge on any atom is -0.332 e. The number of H-pyrrole nitrogens is 1. The predicted octanol–water partition coefficient (Wildman–Crippen LogP) is 4.01. The van der Waals surface area contributed by atoms with E-state index in [1.165, 1.54) is 31.0 Å². The Labute approximate surface area is 184 Å². The number of carbonyl (C=O) groups is 2. The van der Waals surface area contributed by atoms with E-state index in [-0.39, 0.29) is 23.2 Å². The maximum atomic E-state index is 12.5. The molecule has 1 heterocycles. The SMILES string of the molecule is O=C(CSc1n[nH]c(-c2ccc(Cl)cc2)n1)NC(=O)NC12CC3CC(CC(C3)C1)C2. The van der Waals surface area contributed by atoms with E-state index >= 15 is 0 Å². The van der Waals surface area contributed by atoms with Gasteiger partial charge in [-0.15, -0.1) is 5.10 Å². The number of urea groups is 1. The number of halogens is 1. The molecule has 158 valence electrons. The average molecular weight is 446 g/mol. The van der Waals surface area contributed by atoms with Gasteiger partial charge in [0.2, 0.25) is 11.1 Å². The molecule has 0 saturated heterocycles. The first-order valence-electron chi connectivity index (χ1n) is 10.4. The van der Waals surface area contributed by atoms with Gasteiger partial charge in [-0.3, -0.25) is 15.2 Å². The smallest absolute Gasteiger partial charge is 0.321 e. The zero-order valence-electron chi connectivity index (χ0n) is 16.5. The summed E-state index contributed by atoms with van der Waals surface area (Å²) in [7, 11) is 0. The third-order valence-corrected chi connectivity index (χ3v) is 7.68. The molecule has 4 bridgehead atoms. The Balaban J connectivity index is 1.12. The van der Waals surface area contributed by atoms with Crippen LogP contribution in [0.2, 0.25) is 5.02 Å². The van der Waals surface area contributed by atoms with Gasteiger partial charge in [0.1, 0.15) is 0 Å². The Hall–Kier alpha value is -2.06. The molecule has 3 amide bonds. The van der Waals surface area contributed by atoms with E-state index in [4.69, 9.17) is 11.6 Å². The Morgan fingerprint density at radius 1 is 1.10 bits per heavy atom. The van der Waals surface area contributed by atoms with E-state index in [1.54, 1.807) is 12.1 Å². The van der Waals surface area contributed by atoms with Crippen LogP contribution in [-0.4, -0.2) is 38.4 Å². The van der Waals surface area contributed by atoms with Crippen molar-refractivity contribution in [2.24, 2.45) is 17.8 Å². The number of nitrogens with zero attached hydrogens (tertiary/aromatic N) is 2. The molecule has 0 atom stereocenters. The fourth-order valence-corrected chi connectivity index (χ4v) is 6.60. The summed E-state index contributed by atoms with van der Waals surface area (Å²) in [5.74, 6) is 2.55. The largest absolute Gasteiger partial charge is 0.332 e. The zero-order valence-corrected chi connectivity index (χ0v) is 18.1. The molecule has 2 aromatic rings. The summed E-state index contributed by atoms with van der Waals surface area (Å²) in [6.07, 6.45) is 7.10. The highest BCUT2D eigenvalue weighted by Crippen LogP contribution is 2.55. The maximum absolute atomic E-state index is 12.5.